The van der Waals surface area contributed by atoms with Gasteiger partial charge in [0.15, 0.2) is 6.61 Å². The molecule has 6 nitrogen and oxygen atoms in total. The molecule has 0 saturated carbocycles. The number of aromatic nitrogens is 1. The second kappa shape index (κ2) is 9.83. The number of ether oxygens (including phenoxy) is 1. The van der Waals surface area contributed by atoms with Crippen LogP contribution in [0.15, 0.2) is 47.1 Å². The number of alkyl carbamates (subject to hydrolysis) is 1. The minimum absolute atomic E-state index is 0.0670. The Labute approximate surface area is 175 Å². The lowest BCUT2D eigenvalue weighted by molar-refractivity contribution is -0.292. The van der Waals surface area contributed by atoms with Crippen LogP contribution < -0.4 is 10.6 Å². The Morgan fingerprint density at radius 3 is 2.43 bits per heavy atom. The fourth-order valence-electron chi connectivity index (χ4n) is 2.10. The molecule has 0 unspecified atom stereocenters. The smallest absolute Gasteiger partial charge is 0.443 e. The van der Waals surface area contributed by atoms with Crippen LogP contribution in [0.3, 0.4) is 0 Å². The van der Waals surface area contributed by atoms with Gasteiger partial charge in [-0.3, -0.25) is 9.78 Å². The van der Waals surface area contributed by atoms with Crippen molar-refractivity contribution in [1.29, 1.82) is 0 Å². The number of hydrogen-bond acceptors (Lipinski definition) is 4. The number of amides is 2. The molecule has 1 heterocycles. The van der Waals surface area contributed by atoms with Crippen molar-refractivity contribution in [3.63, 3.8) is 0 Å². The maximum absolute atomic E-state index is 12.7. The summed E-state index contributed by atoms with van der Waals surface area (Å²) in [5.74, 6) is -5.53. The lowest BCUT2D eigenvalue weighted by atomic mass is 10.1. The van der Waals surface area contributed by atoms with E-state index in [1.54, 1.807) is 36.4 Å². The van der Waals surface area contributed by atoms with Crippen molar-refractivity contribution in [2.24, 2.45) is 0 Å². The molecule has 0 atom stereocenters. The van der Waals surface area contributed by atoms with Gasteiger partial charge in [-0.1, -0.05) is 12.1 Å². The van der Waals surface area contributed by atoms with E-state index in [2.05, 4.69) is 36.3 Å². The third kappa shape index (κ3) is 6.65. The first-order valence-electron chi connectivity index (χ1n) is 8.35. The van der Waals surface area contributed by atoms with Crippen LogP contribution in [0.25, 0.3) is 0 Å². The molecule has 30 heavy (non-hydrogen) atoms. The summed E-state index contributed by atoms with van der Waals surface area (Å²) in [4.78, 5) is 27.3. The summed E-state index contributed by atoms with van der Waals surface area (Å²) in [6.07, 6.45) is -5.47. The first-order valence-corrected chi connectivity index (χ1v) is 9.15. The number of anilines is 1. The Bertz CT molecular complexity index is 894. The molecule has 1 aromatic heterocycles. The average molecular weight is 496 g/mol. The van der Waals surface area contributed by atoms with E-state index >= 15 is 0 Å². The Morgan fingerprint density at radius 1 is 1.10 bits per heavy atom. The molecule has 2 N–H and O–H groups in total. The molecule has 1 aromatic carbocycles. The van der Waals surface area contributed by atoms with Crippen LogP contribution in [-0.2, 0) is 11.2 Å². The highest BCUT2D eigenvalue weighted by molar-refractivity contribution is 9.10. The predicted octanol–water partition coefficient (Wildman–Crippen LogP) is 4.56. The van der Waals surface area contributed by atoms with E-state index in [0.29, 0.717) is 15.7 Å². The van der Waals surface area contributed by atoms with E-state index in [-0.39, 0.29) is 18.7 Å². The van der Waals surface area contributed by atoms with Gasteiger partial charge in [0.05, 0.1) is 5.69 Å². The summed E-state index contributed by atoms with van der Waals surface area (Å²) < 4.78 is 65.9. The molecule has 0 spiro atoms. The zero-order valence-corrected chi connectivity index (χ0v) is 16.7. The normalized spacial score (nSPS) is 11.7. The van der Waals surface area contributed by atoms with Gasteiger partial charge in [0.2, 0.25) is 0 Å². The quantitative estimate of drug-likeness (QED) is 0.551. The Morgan fingerprint density at radius 2 is 1.83 bits per heavy atom. The zero-order valence-electron chi connectivity index (χ0n) is 15.1. The molecule has 2 amide bonds. The van der Waals surface area contributed by atoms with E-state index in [4.69, 9.17) is 0 Å². The second-order valence-electron chi connectivity index (χ2n) is 5.94. The highest BCUT2D eigenvalue weighted by atomic mass is 79.9. The molecular formula is C18H15BrF5N3O3. The van der Waals surface area contributed by atoms with Gasteiger partial charge >= 0.3 is 18.2 Å². The Balaban J connectivity index is 1.82. The third-order valence-corrected chi connectivity index (χ3v) is 4.32. The highest BCUT2D eigenvalue weighted by Crippen LogP contribution is 2.35. The maximum Gasteiger partial charge on any atom is 0.456 e. The van der Waals surface area contributed by atoms with Crippen molar-refractivity contribution in [3.8, 4) is 0 Å². The Hall–Kier alpha value is -2.76. The molecule has 162 valence electrons. The SMILES string of the molecule is O=C(NCCc1ccc(NC(=O)c2ccccn2)c(Br)c1)OCC(F)(F)C(F)(F)F. The number of halogens is 6. The fourth-order valence-corrected chi connectivity index (χ4v) is 2.62. The number of pyridine rings is 1. The van der Waals surface area contributed by atoms with Crippen molar-refractivity contribution >= 4 is 33.6 Å². The largest absolute Gasteiger partial charge is 0.456 e. The van der Waals surface area contributed by atoms with Gasteiger partial charge in [-0.25, -0.2) is 4.79 Å². The summed E-state index contributed by atoms with van der Waals surface area (Å²) in [6, 6.07) is 9.79. The number of carbonyl (C=O) groups excluding carboxylic acids is 2. The average Bonchev–Trinajstić information content (AvgIpc) is 2.68. The van der Waals surface area contributed by atoms with Crippen molar-refractivity contribution in [1.82, 2.24) is 10.3 Å². The lowest BCUT2D eigenvalue weighted by Crippen LogP contribution is -2.42. The van der Waals surface area contributed by atoms with E-state index in [0.717, 1.165) is 0 Å². The van der Waals surface area contributed by atoms with Gasteiger partial charge in [-0.15, -0.1) is 0 Å². The number of rotatable bonds is 7. The van der Waals surface area contributed by atoms with Crippen LogP contribution in [0.5, 0.6) is 0 Å². The van der Waals surface area contributed by atoms with Gasteiger partial charge < -0.3 is 15.4 Å². The highest BCUT2D eigenvalue weighted by Gasteiger charge is 2.58. The van der Waals surface area contributed by atoms with Crippen LogP contribution >= 0.6 is 15.9 Å². The minimum Gasteiger partial charge on any atom is -0.443 e. The maximum atomic E-state index is 12.7. The van der Waals surface area contributed by atoms with Gasteiger partial charge in [0.1, 0.15) is 5.69 Å². The number of hydrogen-bond donors (Lipinski definition) is 2. The Kier molecular flexibility index (Phi) is 7.71. The topological polar surface area (TPSA) is 80.3 Å². The van der Waals surface area contributed by atoms with Crippen molar-refractivity contribution < 1.29 is 36.3 Å². The van der Waals surface area contributed by atoms with E-state index in [1.807, 2.05) is 0 Å². The fraction of sp³-hybridized carbons (Fsp3) is 0.278. The molecule has 0 fully saturated rings. The summed E-state index contributed by atoms with van der Waals surface area (Å²) in [5.41, 5.74) is 1.39. The standard InChI is InChI=1S/C18H15BrF5N3O3/c19-12-9-11(4-5-13(12)27-15(28)14-3-1-2-7-25-14)6-8-26-16(29)30-10-17(20,21)18(22,23)24/h1-5,7,9H,6,8,10H2,(H,26,29)(H,27,28). The predicted molar refractivity (Wildman–Crippen MR) is 100 cm³/mol. The molecule has 0 aliphatic heterocycles. The number of nitrogens with zero attached hydrogens (tertiary/aromatic N) is 1. The van der Waals surface area contributed by atoms with E-state index in [9.17, 15) is 31.5 Å². The summed E-state index contributed by atoms with van der Waals surface area (Å²) in [5, 5.41) is 4.76. The van der Waals surface area contributed by atoms with Gasteiger partial charge in [-0.2, -0.15) is 22.0 Å². The van der Waals surface area contributed by atoms with Crippen LogP contribution in [-0.4, -0.2) is 42.2 Å². The van der Waals surface area contributed by atoms with Crippen LogP contribution in [0.1, 0.15) is 16.1 Å². The molecule has 0 aliphatic rings. The van der Waals surface area contributed by atoms with Gasteiger partial charge in [-0.05, 0) is 52.2 Å². The third-order valence-electron chi connectivity index (χ3n) is 3.66. The van der Waals surface area contributed by atoms with Crippen molar-refractivity contribution in [3.05, 3.63) is 58.3 Å². The first-order chi connectivity index (χ1) is 14.0. The van der Waals surface area contributed by atoms with Crippen LogP contribution in [0.4, 0.5) is 32.4 Å². The number of benzene rings is 1. The van der Waals surface area contributed by atoms with Crippen molar-refractivity contribution in [2.75, 3.05) is 18.5 Å². The van der Waals surface area contributed by atoms with Gasteiger partial charge in [0.25, 0.3) is 5.91 Å². The monoisotopic (exact) mass is 495 g/mol. The molecule has 0 saturated heterocycles. The van der Waals surface area contributed by atoms with Crippen LogP contribution in [0.2, 0.25) is 0 Å². The summed E-state index contributed by atoms with van der Waals surface area (Å²) in [7, 11) is 0. The molecule has 12 heteroatoms. The number of carbonyl (C=O) groups is 2. The number of nitrogens with one attached hydrogen (secondary N) is 2. The lowest BCUT2D eigenvalue weighted by Gasteiger charge is -2.19. The molecule has 2 aromatic rings. The van der Waals surface area contributed by atoms with Crippen LogP contribution in [0, 0.1) is 0 Å². The molecule has 0 bridgehead atoms. The zero-order chi connectivity index (χ0) is 22.4. The molecule has 2 rings (SSSR count). The van der Waals surface area contributed by atoms with Crippen molar-refractivity contribution in [2.45, 2.75) is 18.5 Å². The second-order valence-corrected chi connectivity index (χ2v) is 6.79. The molecule has 0 radical (unpaired) electrons. The molecular weight excluding hydrogens is 481 g/mol. The van der Waals surface area contributed by atoms with E-state index in [1.165, 1.54) is 6.20 Å². The van der Waals surface area contributed by atoms with E-state index < -0.39 is 30.7 Å². The molecule has 0 aliphatic carbocycles. The number of alkyl halides is 5. The summed E-state index contributed by atoms with van der Waals surface area (Å²) in [6.45, 7) is -2.17. The van der Waals surface area contributed by atoms with Gasteiger partial charge in [0, 0.05) is 17.2 Å². The summed E-state index contributed by atoms with van der Waals surface area (Å²) >= 11 is 3.30. The first kappa shape index (κ1) is 23.5. The minimum atomic E-state index is -5.80.